The van der Waals surface area contributed by atoms with Crippen molar-refractivity contribution in [3.63, 3.8) is 0 Å². The molecule has 1 saturated carbocycles. The lowest BCUT2D eigenvalue weighted by Gasteiger charge is -2.35. The normalized spacial score (nSPS) is 15.8. The lowest BCUT2D eigenvalue weighted by atomic mass is 9.96. The summed E-state index contributed by atoms with van der Waals surface area (Å²) in [5.74, 6) is 2.46. The van der Waals surface area contributed by atoms with Gasteiger partial charge in [-0.3, -0.25) is 4.79 Å². The molecule has 1 N–H and O–H groups in total. The molecule has 0 unspecified atom stereocenters. The number of nitrogens with one attached hydrogen (secondary N) is 1. The standard InChI is InChI=1S/C30H27N7O3/c31-17-20-5-9-28(32-18-20)36-10-12-37(13-11-36)29-25-14-19(4-8-27(25)40-35-29)15-26-24-16-22(39-21-2-1-3-21)6-7-23(24)30(38)34-33-26/h4-9,14,16,18,21H,1-3,10-13,15H2,(H,34,38). The lowest BCUT2D eigenvalue weighted by molar-refractivity contribution is 0.120. The van der Waals surface area contributed by atoms with Crippen molar-refractivity contribution in [2.75, 3.05) is 36.0 Å². The SMILES string of the molecule is N#Cc1ccc(N2CCN(c3noc4ccc(Cc5n[nH]c(=O)c6ccc(OC7CCC7)cc56)cc34)CC2)nc1. The first-order chi connectivity index (χ1) is 19.6. The van der Waals surface area contributed by atoms with Crippen LogP contribution in [0.3, 0.4) is 0 Å². The van der Waals surface area contributed by atoms with Crippen molar-refractivity contribution in [1.29, 1.82) is 5.26 Å². The molecular weight excluding hydrogens is 506 g/mol. The van der Waals surface area contributed by atoms with Gasteiger partial charge in [0.15, 0.2) is 11.4 Å². The molecule has 0 amide bonds. The number of anilines is 2. The van der Waals surface area contributed by atoms with Gasteiger partial charge in [-0.2, -0.15) is 10.4 Å². The summed E-state index contributed by atoms with van der Waals surface area (Å²) in [4.78, 5) is 21.4. The molecule has 1 aliphatic carbocycles. The van der Waals surface area contributed by atoms with Gasteiger partial charge in [-0.25, -0.2) is 10.1 Å². The highest BCUT2D eigenvalue weighted by atomic mass is 16.5. The molecule has 2 aliphatic rings. The number of pyridine rings is 1. The second-order valence-corrected chi connectivity index (χ2v) is 10.4. The van der Waals surface area contributed by atoms with Crippen molar-refractivity contribution in [1.82, 2.24) is 20.3 Å². The molecule has 2 fully saturated rings. The van der Waals surface area contributed by atoms with Crippen LogP contribution in [0.1, 0.15) is 36.1 Å². The number of aromatic amines is 1. The van der Waals surface area contributed by atoms with Gasteiger partial charge in [0, 0.05) is 44.2 Å². The van der Waals surface area contributed by atoms with Gasteiger partial charge in [0.1, 0.15) is 17.6 Å². The first-order valence-corrected chi connectivity index (χ1v) is 13.6. The van der Waals surface area contributed by atoms with E-state index >= 15 is 0 Å². The van der Waals surface area contributed by atoms with E-state index < -0.39 is 0 Å². The Bertz CT molecular complexity index is 1790. The molecule has 3 aromatic heterocycles. The van der Waals surface area contributed by atoms with Crippen molar-refractivity contribution in [2.45, 2.75) is 31.8 Å². The fourth-order valence-electron chi connectivity index (χ4n) is 5.38. The average molecular weight is 534 g/mol. The fraction of sp³-hybridized carbons (Fsp3) is 0.300. The zero-order valence-electron chi connectivity index (χ0n) is 21.8. The molecule has 0 spiro atoms. The van der Waals surface area contributed by atoms with E-state index in [1.165, 1.54) is 6.42 Å². The quantitative estimate of drug-likeness (QED) is 0.342. The fourth-order valence-corrected chi connectivity index (χ4v) is 5.38. The van der Waals surface area contributed by atoms with Crippen molar-refractivity contribution in [3.8, 4) is 11.8 Å². The molecule has 4 heterocycles. The minimum atomic E-state index is -0.207. The van der Waals surface area contributed by atoms with Crippen LogP contribution in [0.25, 0.3) is 21.7 Å². The molecule has 10 heteroatoms. The molecular formula is C30H27N7O3. The predicted octanol–water partition coefficient (Wildman–Crippen LogP) is 4.18. The molecule has 7 rings (SSSR count). The van der Waals surface area contributed by atoms with Gasteiger partial charge in [-0.1, -0.05) is 11.2 Å². The van der Waals surface area contributed by atoms with Gasteiger partial charge >= 0.3 is 0 Å². The van der Waals surface area contributed by atoms with Crippen LogP contribution in [0.5, 0.6) is 5.75 Å². The van der Waals surface area contributed by atoms with Gasteiger partial charge in [-0.05, 0) is 67.3 Å². The molecule has 200 valence electrons. The summed E-state index contributed by atoms with van der Waals surface area (Å²) < 4.78 is 11.8. The molecule has 0 atom stereocenters. The maximum absolute atomic E-state index is 12.5. The van der Waals surface area contributed by atoms with E-state index in [4.69, 9.17) is 14.5 Å². The number of nitrogens with zero attached hydrogens (tertiary/aromatic N) is 6. The molecule has 1 aliphatic heterocycles. The predicted molar refractivity (Wildman–Crippen MR) is 151 cm³/mol. The van der Waals surface area contributed by atoms with Gasteiger partial charge < -0.3 is 19.1 Å². The summed E-state index contributed by atoms with van der Waals surface area (Å²) in [5, 5.41) is 22.9. The topological polar surface area (TPSA) is 124 Å². The number of nitriles is 1. The molecule has 0 bridgehead atoms. The first kappa shape index (κ1) is 24.2. The third kappa shape index (κ3) is 4.49. The summed E-state index contributed by atoms with van der Waals surface area (Å²) in [6.45, 7) is 3.10. The first-order valence-electron chi connectivity index (χ1n) is 13.6. The largest absolute Gasteiger partial charge is 0.490 e. The Morgan fingerprint density at radius 3 is 2.60 bits per heavy atom. The summed E-state index contributed by atoms with van der Waals surface area (Å²) in [5.41, 5.74) is 2.91. The monoisotopic (exact) mass is 533 g/mol. The second-order valence-electron chi connectivity index (χ2n) is 10.4. The van der Waals surface area contributed by atoms with Crippen molar-refractivity contribution in [2.24, 2.45) is 0 Å². The van der Waals surface area contributed by atoms with Crippen LogP contribution in [-0.2, 0) is 6.42 Å². The van der Waals surface area contributed by atoms with Crippen molar-refractivity contribution >= 4 is 33.4 Å². The van der Waals surface area contributed by atoms with Gasteiger partial charge in [-0.15, -0.1) is 0 Å². The number of benzene rings is 2. The van der Waals surface area contributed by atoms with E-state index in [0.29, 0.717) is 17.4 Å². The Morgan fingerprint density at radius 1 is 1.00 bits per heavy atom. The molecule has 5 aromatic rings. The zero-order valence-corrected chi connectivity index (χ0v) is 21.8. The number of H-pyrrole nitrogens is 1. The van der Waals surface area contributed by atoms with Crippen molar-refractivity contribution in [3.05, 3.63) is 81.9 Å². The smallest absolute Gasteiger partial charge is 0.272 e. The van der Waals surface area contributed by atoms with Crippen LogP contribution in [0.4, 0.5) is 11.6 Å². The Hall–Kier alpha value is -4.91. The minimum Gasteiger partial charge on any atom is -0.490 e. The number of rotatable bonds is 6. The lowest BCUT2D eigenvalue weighted by Crippen LogP contribution is -2.47. The number of fused-ring (bicyclic) bond motifs is 2. The summed E-state index contributed by atoms with van der Waals surface area (Å²) in [7, 11) is 0. The maximum Gasteiger partial charge on any atom is 0.272 e. The second kappa shape index (κ2) is 10.0. The Kier molecular flexibility index (Phi) is 6.04. The molecule has 40 heavy (non-hydrogen) atoms. The third-order valence-corrected chi connectivity index (χ3v) is 7.86. The summed E-state index contributed by atoms with van der Waals surface area (Å²) in [6.07, 6.45) is 5.74. The number of hydrogen-bond acceptors (Lipinski definition) is 9. The number of hydrogen-bond donors (Lipinski definition) is 1. The average Bonchev–Trinajstić information content (AvgIpc) is 3.40. The highest BCUT2D eigenvalue weighted by molar-refractivity contribution is 5.90. The van der Waals surface area contributed by atoms with E-state index in [1.54, 1.807) is 12.3 Å². The highest BCUT2D eigenvalue weighted by Crippen LogP contribution is 2.31. The van der Waals surface area contributed by atoms with Crippen LogP contribution in [-0.4, -0.2) is 52.6 Å². The molecule has 1 saturated heterocycles. The van der Waals surface area contributed by atoms with E-state index in [1.807, 2.05) is 36.4 Å². The van der Waals surface area contributed by atoms with Crippen molar-refractivity contribution < 1.29 is 9.26 Å². The van der Waals surface area contributed by atoms with E-state index in [2.05, 4.69) is 42.3 Å². The Morgan fingerprint density at radius 2 is 1.85 bits per heavy atom. The highest BCUT2D eigenvalue weighted by Gasteiger charge is 2.23. The van der Waals surface area contributed by atoms with Crippen LogP contribution < -0.4 is 20.1 Å². The molecule has 2 aromatic carbocycles. The zero-order chi connectivity index (χ0) is 27.1. The van der Waals surface area contributed by atoms with Crippen LogP contribution in [0, 0.1) is 11.3 Å². The van der Waals surface area contributed by atoms with Gasteiger partial charge in [0.2, 0.25) is 0 Å². The third-order valence-electron chi connectivity index (χ3n) is 7.86. The number of ether oxygens (including phenoxy) is 1. The number of piperazine rings is 1. The van der Waals surface area contributed by atoms with Crippen LogP contribution >= 0.6 is 0 Å². The molecule has 10 nitrogen and oxygen atoms in total. The van der Waals surface area contributed by atoms with E-state index in [9.17, 15) is 4.79 Å². The van der Waals surface area contributed by atoms with Gasteiger partial charge in [0.05, 0.1) is 28.1 Å². The van der Waals surface area contributed by atoms with E-state index in [-0.39, 0.29) is 11.7 Å². The minimum absolute atomic E-state index is 0.207. The molecule has 0 radical (unpaired) electrons. The van der Waals surface area contributed by atoms with Crippen LogP contribution in [0.15, 0.2) is 64.0 Å². The van der Waals surface area contributed by atoms with E-state index in [0.717, 1.165) is 84.0 Å². The maximum atomic E-state index is 12.5. The Balaban J connectivity index is 1.12. The Labute approximate surface area is 229 Å². The van der Waals surface area contributed by atoms with Crippen LogP contribution in [0.2, 0.25) is 0 Å². The van der Waals surface area contributed by atoms with Gasteiger partial charge in [0.25, 0.3) is 5.56 Å². The number of aromatic nitrogens is 4. The summed E-state index contributed by atoms with van der Waals surface area (Å²) >= 11 is 0. The summed E-state index contributed by atoms with van der Waals surface area (Å²) in [6, 6.07) is 17.5.